The van der Waals surface area contributed by atoms with Crippen LogP contribution in [0.2, 0.25) is 0 Å². The van der Waals surface area contributed by atoms with Crippen LogP contribution < -0.4 is 5.48 Å². The fourth-order valence-electron chi connectivity index (χ4n) is 2.81. The van der Waals surface area contributed by atoms with E-state index in [9.17, 15) is 9.59 Å². The molecule has 0 unspecified atom stereocenters. The van der Waals surface area contributed by atoms with E-state index < -0.39 is 17.7 Å². The second-order valence-electron chi connectivity index (χ2n) is 7.83. The molecule has 0 saturated carbocycles. The van der Waals surface area contributed by atoms with Gasteiger partial charge in [-0.2, -0.15) is 5.48 Å². The van der Waals surface area contributed by atoms with Gasteiger partial charge in [-0.3, -0.25) is 9.69 Å². The van der Waals surface area contributed by atoms with Gasteiger partial charge in [0, 0.05) is 12.7 Å². The van der Waals surface area contributed by atoms with Crippen molar-refractivity contribution in [2.75, 3.05) is 13.2 Å². The van der Waals surface area contributed by atoms with Crippen molar-refractivity contribution < 1.29 is 19.2 Å². The average molecular weight is 410 g/mol. The second kappa shape index (κ2) is 10.8. The summed E-state index contributed by atoms with van der Waals surface area (Å²) in [7, 11) is 0. The van der Waals surface area contributed by atoms with Gasteiger partial charge in [-0.05, 0) is 63.9 Å². The zero-order valence-corrected chi connectivity index (χ0v) is 18.0. The van der Waals surface area contributed by atoms with Gasteiger partial charge < -0.3 is 9.57 Å². The average Bonchev–Trinajstić information content (AvgIpc) is 2.64. The lowest BCUT2D eigenvalue weighted by atomic mass is 10.00. The lowest BCUT2D eigenvalue weighted by Crippen LogP contribution is -2.55. The number of unbranched alkanes of at least 4 members (excludes halogenated alkanes) is 1. The number of rotatable bonds is 7. The summed E-state index contributed by atoms with van der Waals surface area (Å²) in [5.74, 6) is 0. The number of ether oxygens (including phenoxy) is 1. The van der Waals surface area contributed by atoms with Gasteiger partial charge >= 0.3 is 6.09 Å². The molecule has 2 atom stereocenters. The van der Waals surface area contributed by atoms with Gasteiger partial charge in [-0.1, -0.05) is 19.4 Å². The Labute approximate surface area is 171 Å². The highest BCUT2D eigenvalue weighted by atomic mass is 32.2. The van der Waals surface area contributed by atoms with Crippen LogP contribution in [0.3, 0.4) is 0 Å². The maximum absolute atomic E-state index is 12.9. The van der Waals surface area contributed by atoms with Gasteiger partial charge in [0.05, 0.1) is 12.6 Å². The third-order valence-corrected chi connectivity index (χ3v) is 5.10. The molecule has 28 heavy (non-hydrogen) atoms. The highest BCUT2D eigenvalue weighted by Gasteiger charge is 2.38. The molecule has 1 aromatic rings. The molecule has 1 aliphatic heterocycles. The monoisotopic (exact) mass is 409 g/mol. The van der Waals surface area contributed by atoms with Crippen LogP contribution in [0.5, 0.6) is 0 Å². The Morgan fingerprint density at radius 2 is 2.11 bits per heavy atom. The van der Waals surface area contributed by atoms with Crippen LogP contribution in [0.4, 0.5) is 4.79 Å². The molecule has 0 spiro atoms. The predicted octanol–water partition coefficient (Wildman–Crippen LogP) is 3.79. The maximum atomic E-state index is 12.9. The number of thioether (sulfide) groups is 1. The lowest BCUT2D eigenvalue weighted by molar-refractivity contribution is -0.118. The number of likely N-dealkylation sites (tertiary alicyclic amines) is 1. The summed E-state index contributed by atoms with van der Waals surface area (Å²) in [6.07, 6.45) is 4.48. The molecule has 1 aromatic heterocycles. The Morgan fingerprint density at radius 1 is 1.32 bits per heavy atom. The molecule has 0 bridgehead atoms. The summed E-state index contributed by atoms with van der Waals surface area (Å²) in [6.45, 7) is 8.54. The number of hydrogen-bond donors (Lipinski definition) is 1. The van der Waals surface area contributed by atoms with E-state index >= 15 is 0 Å². The molecule has 2 heterocycles. The summed E-state index contributed by atoms with van der Waals surface area (Å²) in [4.78, 5) is 36.9. The van der Waals surface area contributed by atoms with Crippen molar-refractivity contribution in [1.29, 1.82) is 0 Å². The predicted molar refractivity (Wildman–Crippen MR) is 109 cm³/mol. The molecule has 8 heteroatoms. The van der Waals surface area contributed by atoms with Crippen LogP contribution >= 0.6 is 11.8 Å². The van der Waals surface area contributed by atoms with Crippen LogP contribution in [-0.2, 0) is 14.4 Å². The number of aromatic nitrogens is 1. The third-order valence-electron chi connectivity index (χ3n) is 4.17. The van der Waals surface area contributed by atoms with Crippen LogP contribution in [0.15, 0.2) is 29.4 Å². The standard InChI is InChI=1S/C20H31N3O4S/c1-5-6-13-26-22-15-10-11-16(18(24)28-17-9-7-8-12-21-17)23(14-15)19(25)27-20(2,3)4/h7-9,12,15-16,22H,5-6,10-11,13-14H2,1-4H3/t15-,16+/m1/s1. The van der Waals surface area contributed by atoms with E-state index in [0.29, 0.717) is 24.6 Å². The molecule has 1 N–H and O–H groups in total. The fraction of sp³-hybridized carbons (Fsp3) is 0.650. The molecular weight excluding hydrogens is 378 g/mol. The molecular formula is C20H31N3O4S. The summed E-state index contributed by atoms with van der Waals surface area (Å²) in [5, 5.41) is 0.523. The number of hydrogen-bond acceptors (Lipinski definition) is 7. The van der Waals surface area contributed by atoms with E-state index in [0.717, 1.165) is 31.0 Å². The van der Waals surface area contributed by atoms with Crippen LogP contribution in [0.25, 0.3) is 0 Å². The summed E-state index contributed by atoms with van der Waals surface area (Å²) in [5.41, 5.74) is 2.41. The molecule has 0 radical (unpaired) electrons. The first-order valence-corrected chi connectivity index (χ1v) is 10.6. The van der Waals surface area contributed by atoms with Crippen molar-refractivity contribution in [3.05, 3.63) is 24.4 Å². The van der Waals surface area contributed by atoms with Crippen LogP contribution in [-0.4, -0.2) is 51.9 Å². The van der Waals surface area contributed by atoms with E-state index in [1.165, 1.54) is 4.90 Å². The number of nitrogens with one attached hydrogen (secondary N) is 1. The van der Waals surface area contributed by atoms with Crippen molar-refractivity contribution in [3.63, 3.8) is 0 Å². The quantitative estimate of drug-likeness (QED) is 0.417. The summed E-state index contributed by atoms with van der Waals surface area (Å²) < 4.78 is 5.54. The summed E-state index contributed by atoms with van der Waals surface area (Å²) in [6, 6.07) is 4.85. The molecule has 1 amide bonds. The molecule has 7 nitrogen and oxygen atoms in total. The van der Waals surface area contributed by atoms with Gasteiger partial charge in [0.15, 0.2) is 0 Å². The van der Waals surface area contributed by atoms with Crippen molar-refractivity contribution in [2.45, 2.75) is 76.1 Å². The Bertz CT molecular complexity index is 636. The zero-order valence-electron chi connectivity index (χ0n) is 17.1. The molecule has 1 aliphatic rings. The lowest BCUT2D eigenvalue weighted by Gasteiger charge is -2.39. The third kappa shape index (κ3) is 7.41. The highest BCUT2D eigenvalue weighted by molar-refractivity contribution is 8.13. The Morgan fingerprint density at radius 3 is 2.75 bits per heavy atom. The number of carbonyl (C=O) groups excluding carboxylic acids is 2. The Balaban J connectivity index is 2.04. The highest BCUT2D eigenvalue weighted by Crippen LogP contribution is 2.27. The van der Waals surface area contributed by atoms with E-state index in [2.05, 4.69) is 17.4 Å². The largest absolute Gasteiger partial charge is 0.444 e. The topological polar surface area (TPSA) is 80.8 Å². The Hall–Kier alpha value is -1.64. The Kier molecular flexibility index (Phi) is 8.72. The minimum absolute atomic E-state index is 0.0340. The van der Waals surface area contributed by atoms with Gasteiger partial charge in [0.25, 0.3) is 0 Å². The first kappa shape index (κ1) is 22.6. The number of pyridine rings is 1. The fourth-order valence-corrected chi connectivity index (χ4v) is 3.65. The first-order valence-electron chi connectivity index (χ1n) is 9.80. The zero-order chi connectivity index (χ0) is 20.6. The van der Waals surface area contributed by atoms with Crippen molar-refractivity contribution >= 4 is 23.0 Å². The van der Waals surface area contributed by atoms with E-state index in [4.69, 9.17) is 9.57 Å². The van der Waals surface area contributed by atoms with E-state index in [1.54, 1.807) is 18.3 Å². The van der Waals surface area contributed by atoms with Gasteiger partial charge in [-0.15, -0.1) is 0 Å². The number of piperidine rings is 1. The molecule has 2 rings (SSSR count). The van der Waals surface area contributed by atoms with Crippen LogP contribution in [0, 0.1) is 0 Å². The second-order valence-corrected chi connectivity index (χ2v) is 8.86. The summed E-state index contributed by atoms with van der Waals surface area (Å²) >= 11 is 1.06. The first-order chi connectivity index (χ1) is 13.3. The van der Waals surface area contributed by atoms with E-state index in [-0.39, 0.29) is 11.2 Å². The molecule has 1 saturated heterocycles. The van der Waals surface area contributed by atoms with Crippen molar-refractivity contribution in [3.8, 4) is 0 Å². The number of amides is 1. The molecule has 1 fully saturated rings. The van der Waals surface area contributed by atoms with Gasteiger partial charge in [-0.25, -0.2) is 9.78 Å². The normalized spacial score (nSPS) is 20.1. The number of nitrogens with zero attached hydrogens (tertiary/aromatic N) is 2. The smallest absolute Gasteiger partial charge is 0.410 e. The SMILES string of the molecule is CCCCON[C@@H]1CC[C@@H](C(=O)Sc2ccccn2)N(C(=O)OC(C)(C)C)C1. The van der Waals surface area contributed by atoms with Crippen molar-refractivity contribution in [2.24, 2.45) is 0 Å². The van der Waals surface area contributed by atoms with Crippen molar-refractivity contribution in [1.82, 2.24) is 15.4 Å². The number of carbonyl (C=O) groups is 2. The molecule has 0 aromatic carbocycles. The van der Waals surface area contributed by atoms with Gasteiger partial charge in [0.1, 0.15) is 16.7 Å². The van der Waals surface area contributed by atoms with Gasteiger partial charge in [0.2, 0.25) is 5.12 Å². The molecule has 156 valence electrons. The molecule has 0 aliphatic carbocycles. The van der Waals surface area contributed by atoms with E-state index in [1.807, 2.05) is 26.8 Å². The minimum atomic E-state index is -0.628. The minimum Gasteiger partial charge on any atom is -0.444 e. The maximum Gasteiger partial charge on any atom is 0.410 e. The number of hydroxylamine groups is 1. The van der Waals surface area contributed by atoms with Crippen LogP contribution in [0.1, 0.15) is 53.4 Å².